The molecule has 1 saturated heterocycles. The van der Waals surface area contributed by atoms with Gasteiger partial charge in [0.05, 0.1) is 4.90 Å². The zero-order valence-electron chi connectivity index (χ0n) is 11.5. The maximum Gasteiger partial charge on any atom is 0.243 e. The molecule has 0 aromatic heterocycles. The summed E-state index contributed by atoms with van der Waals surface area (Å²) in [4.78, 5) is 0.254. The van der Waals surface area contributed by atoms with Crippen molar-refractivity contribution < 1.29 is 17.9 Å². The van der Waals surface area contributed by atoms with Gasteiger partial charge in [0.15, 0.2) is 5.79 Å². The first-order chi connectivity index (χ1) is 9.43. The van der Waals surface area contributed by atoms with Crippen LogP contribution in [0.5, 0.6) is 0 Å². The molecule has 0 N–H and O–H groups in total. The Hall–Kier alpha value is -0.660. The van der Waals surface area contributed by atoms with Gasteiger partial charge >= 0.3 is 0 Å². The highest BCUT2D eigenvalue weighted by Crippen LogP contribution is 2.29. The third-order valence-corrected chi connectivity index (χ3v) is 5.84. The van der Waals surface area contributed by atoms with Crippen molar-refractivity contribution in [2.75, 3.05) is 27.3 Å². The van der Waals surface area contributed by atoms with Crippen molar-refractivity contribution in [2.45, 2.75) is 23.5 Å². The molecule has 1 aliphatic rings. The molecule has 112 valence electrons. The Morgan fingerprint density at radius 3 is 2.05 bits per heavy atom. The highest BCUT2D eigenvalue weighted by Gasteiger charge is 2.38. The van der Waals surface area contributed by atoms with Crippen LogP contribution in [0.3, 0.4) is 0 Å². The van der Waals surface area contributed by atoms with Crippen molar-refractivity contribution in [1.82, 2.24) is 4.31 Å². The van der Waals surface area contributed by atoms with Crippen LogP contribution >= 0.6 is 11.6 Å². The number of ether oxygens (including phenoxy) is 2. The lowest BCUT2D eigenvalue weighted by molar-refractivity contribution is -0.224. The lowest BCUT2D eigenvalue weighted by Crippen LogP contribution is -2.48. The quantitative estimate of drug-likeness (QED) is 0.798. The predicted molar refractivity (Wildman–Crippen MR) is 76.2 cm³/mol. The van der Waals surface area contributed by atoms with Crippen molar-refractivity contribution in [3.8, 4) is 0 Å². The summed E-state index contributed by atoms with van der Waals surface area (Å²) in [6.07, 6.45) is 1.01. The Morgan fingerprint density at radius 1 is 1.10 bits per heavy atom. The van der Waals surface area contributed by atoms with Gasteiger partial charge in [-0.05, 0) is 24.3 Å². The smallest absolute Gasteiger partial charge is 0.243 e. The number of sulfonamides is 1. The Balaban J connectivity index is 2.15. The Bertz CT molecular complexity index is 544. The van der Waals surface area contributed by atoms with E-state index in [-0.39, 0.29) is 4.90 Å². The van der Waals surface area contributed by atoms with Crippen LogP contribution in [0.1, 0.15) is 12.8 Å². The van der Waals surface area contributed by atoms with E-state index in [0.29, 0.717) is 31.0 Å². The first-order valence-corrected chi connectivity index (χ1v) is 8.11. The number of hydrogen-bond acceptors (Lipinski definition) is 4. The molecule has 1 aromatic carbocycles. The number of benzene rings is 1. The maximum absolute atomic E-state index is 12.5. The lowest BCUT2D eigenvalue weighted by Gasteiger charge is -2.38. The average Bonchev–Trinajstić information content (AvgIpc) is 2.47. The fraction of sp³-hybridized carbons (Fsp3) is 0.538. The van der Waals surface area contributed by atoms with E-state index in [1.165, 1.54) is 16.4 Å². The summed E-state index contributed by atoms with van der Waals surface area (Å²) in [5.74, 6) is -0.675. The van der Waals surface area contributed by atoms with E-state index in [9.17, 15) is 8.42 Å². The molecule has 7 heteroatoms. The number of nitrogens with zero attached hydrogens (tertiary/aromatic N) is 1. The SMILES string of the molecule is COC1(OC)CCN(S(=O)(=O)c2ccc(Cl)cc2)CC1. The van der Waals surface area contributed by atoms with E-state index < -0.39 is 15.8 Å². The van der Waals surface area contributed by atoms with Gasteiger partial charge in [-0.1, -0.05) is 11.6 Å². The van der Waals surface area contributed by atoms with Gasteiger partial charge in [-0.25, -0.2) is 8.42 Å². The zero-order valence-corrected chi connectivity index (χ0v) is 13.1. The van der Waals surface area contributed by atoms with E-state index >= 15 is 0 Å². The number of halogens is 1. The van der Waals surface area contributed by atoms with Crippen molar-refractivity contribution >= 4 is 21.6 Å². The second-order valence-electron chi connectivity index (χ2n) is 4.68. The number of piperidine rings is 1. The van der Waals surface area contributed by atoms with Crippen LogP contribution in [0.2, 0.25) is 5.02 Å². The molecule has 20 heavy (non-hydrogen) atoms. The lowest BCUT2D eigenvalue weighted by atomic mass is 10.1. The molecule has 0 aliphatic carbocycles. The zero-order chi connectivity index (χ0) is 14.8. The van der Waals surface area contributed by atoms with Gasteiger partial charge in [-0.3, -0.25) is 0 Å². The normalized spacial score (nSPS) is 19.9. The standard InChI is InChI=1S/C13H18ClNO4S/c1-18-13(19-2)7-9-15(10-8-13)20(16,17)12-5-3-11(14)4-6-12/h3-6H,7-10H2,1-2H3. The second-order valence-corrected chi connectivity index (χ2v) is 7.05. The van der Waals surface area contributed by atoms with Crippen LogP contribution in [0.4, 0.5) is 0 Å². The molecule has 0 unspecified atom stereocenters. The Labute approximate surface area is 124 Å². The summed E-state index contributed by atoms with van der Waals surface area (Å²) in [7, 11) is -0.329. The molecule has 0 saturated carbocycles. The van der Waals surface area contributed by atoms with Gasteiger partial charge in [0, 0.05) is 45.2 Å². The van der Waals surface area contributed by atoms with E-state index in [4.69, 9.17) is 21.1 Å². The fourth-order valence-electron chi connectivity index (χ4n) is 2.31. The first kappa shape index (κ1) is 15.7. The van der Waals surface area contributed by atoms with Gasteiger partial charge in [-0.2, -0.15) is 4.31 Å². The van der Waals surface area contributed by atoms with Crippen LogP contribution in [0.15, 0.2) is 29.2 Å². The van der Waals surface area contributed by atoms with Crippen molar-refractivity contribution in [3.63, 3.8) is 0 Å². The monoisotopic (exact) mass is 319 g/mol. The highest BCUT2D eigenvalue weighted by atomic mass is 35.5. The molecule has 1 fully saturated rings. The van der Waals surface area contributed by atoms with Gasteiger partial charge in [0.2, 0.25) is 10.0 Å². The molecule has 2 rings (SSSR count). The molecule has 1 aliphatic heterocycles. The van der Waals surface area contributed by atoms with E-state index in [2.05, 4.69) is 0 Å². The summed E-state index contributed by atoms with van der Waals surface area (Å²) in [5, 5.41) is 0.514. The van der Waals surface area contributed by atoms with E-state index in [0.717, 1.165) is 0 Å². The van der Waals surface area contributed by atoms with Crippen LogP contribution in [0, 0.1) is 0 Å². The highest BCUT2D eigenvalue weighted by molar-refractivity contribution is 7.89. The largest absolute Gasteiger partial charge is 0.353 e. The Morgan fingerprint density at radius 2 is 1.60 bits per heavy atom. The van der Waals surface area contributed by atoms with Gasteiger partial charge < -0.3 is 9.47 Å². The fourth-order valence-corrected chi connectivity index (χ4v) is 3.88. The van der Waals surface area contributed by atoms with E-state index in [1.807, 2.05) is 0 Å². The summed E-state index contributed by atoms with van der Waals surface area (Å²) in [6.45, 7) is 0.735. The number of hydrogen-bond donors (Lipinski definition) is 0. The molecule has 0 spiro atoms. The summed E-state index contributed by atoms with van der Waals surface area (Å²) >= 11 is 5.78. The second kappa shape index (κ2) is 5.99. The minimum atomic E-state index is -3.48. The van der Waals surface area contributed by atoms with Crippen molar-refractivity contribution in [1.29, 1.82) is 0 Å². The molecule has 1 heterocycles. The van der Waals surface area contributed by atoms with Gasteiger partial charge in [0.25, 0.3) is 0 Å². The topological polar surface area (TPSA) is 55.8 Å². The average molecular weight is 320 g/mol. The number of methoxy groups -OCH3 is 2. The third kappa shape index (κ3) is 2.99. The van der Waals surface area contributed by atoms with Crippen LogP contribution in [-0.4, -0.2) is 45.8 Å². The van der Waals surface area contributed by atoms with Crippen molar-refractivity contribution in [3.05, 3.63) is 29.3 Å². The van der Waals surface area contributed by atoms with E-state index in [1.54, 1.807) is 26.4 Å². The third-order valence-electron chi connectivity index (χ3n) is 3.68. The van der Waals surface area contributed by atoms with Gasteiger partial charge in [-0.15, -0.1) is 0 Å². The molecule has 0 amide bonds. The molecule has 0 atom stereocenters. The summed E-state index contributed by atoms with van der Waals surface area (Å²) in [5.41, 5.74) is 0. The summed E-state index contributed by atoms with van der Waals surface area (Å²) in [6, 6.07) is 6.19. The minimum Gasteiger partial charge on any atom is -0.353 e. The summed E-state index contributed by atoms with van der Waals surface area (Å²) < 4.78 is 37.1. The molecule has 5 nitrogen and oxygen atoms in total. The first-order valence-electron chi connectivity index (χ1n) is 6.29. The molecule has 1 aromatic rings. The van der Waals surface area contributed by atoms with Crippen LogP contribution in [0.25, 0.3) is 0 Å². The van der Waals surface area contributed by atoms with Crippen LogP contribution in [-0.2, 0) is 19.5 Å². The molecular formula is C13H18ClNO4S. The van der Waals surface area contributed by atoms with Crippen molar-refractivity contribution in [2.24, 2.45) is 0 Å². The van der Waals surface area contributed by atoms with Crippen LogP contribution < -0.4 is 0 Å². The Kier molecular flexibility index (Phi) is 4.71. The molecule has 0 radical (unpaired) electrons. The van der Waals surface area contributed by atoms with Gasteiger partial charge in [0.1, 0.15) is 0 Å². The molecular weight excluding hydrogens is 302 g/mol. The number of rotatable bonds is 4. The predicted octanol–water partition coefficient (Wildman–Crippen LogP) is 2.11. The molecule has 0 bridgehead atoms. The maximum atomic E-state index is 12.5. The minimum absolute atomic E-state index is 0.254.